The van der Waals surface area contributed by atoms with Crippen LogP contribution in [-0.4, -0.2) is 22.2 Å². The molecule has 0 radical (unpaired) electrons. The number of aliphatic hydroxyl groups excluding tert-OH is 1. The molecule has 20 heavy (non-hydrogen) atoms. The third kappa shape index (κ3) is 3.13. The maximum absolute atomic E-state index is 10.4. The SMILES string of the molecule is CC(C)(C)NC[C@@H](O)c1cccc2c(C#N)ccnc12. The molecule has 4 nitrogen and oxygen atoms in total. The first kappa shape index (κ1) is 14.4. The first-order chi connectivity index (χ1) is 9.42. The number of hydrogen-bond acceptors (Lipinski definition) is 4. The van der Waals surface area contributed by atoms with E-state index in [1.165, 1.54) is 0 Å². The van der Waals surface area contributed by atoms with Crippen LogP contribution in [0.15, 0.2) is 30.5 Å². The van der Waals surface area contributed by atoms with E-state index in [1.54, 1.807) is 12.3 Å². The van der Waals surface area contributed by atoms with E-state index in [4.69, 9.17) is 5.26 Å². The molecular formula is C16H19N3O. The molecular weight excluding hydrogens is 250 g/mol. The van der Waals surface area contributed by atoms with Gasteiger partial charge in [-0.3, -0.25) is 4.98 Å². The number of pyridine rings is 1. The van der Waals surface area contributed by atoms with Crippen molar-refractivity contribution in [3.8, 4) is 6.07 Å². The van der Waals surface area contributed by atoms with Gasteiger partial charge in [0, 0.05) is 29.2 Å². The molecule has 0 amide bonds. The predicted molar refractivity (Wildman–Crippen MR) is 79.2 cm³/mol. The van der Waals surface area contributed by atoms with Crippen LogP contribution in [0, 0.1) is 11.3 Å². The maximum Gasteiger partial charge on any atom is 0.0999 e. The standard InChI is InChI=1S/C16H19N3O/c1-16(2,3)19-10-14(20)13-6-4-5-12-11(9-17)7-8-18-15(12)13/h4-8,14,19-20H,10H2,1-3H3/t14-/m1/s1. The Kier molecular flexibility index (Phi) is 4.03. The van der Waals surface area contributed by atoms with E-state index in [-0.39, 0.29) is 5.54 Å². The fourth-order valence-electron chi connectivity index (χ4n) is 2.08. The van der Waals surface area contributed by atoms with Crippen LogP contribution in [0.3, 0.4) is 0 Å². The molecule has 0 saturated carbocycles. The van der Waals surface area contributed by atoms with E-state index in [9.17, 15) is 5.11 Å². The molecule has 2 aromatic rings. The molecule has 0 aliphatic carbocycles. The number of para-hydroxylation sites is 1. The van der Waals surface area contributed by atoms with Crippen molar-refractivity contribution in [2.45, 2.75) is 32.4 Å². The second-order valence-corrected chi connectivity index (χ2v) is 5.86. The molecule has 0 spiro atoms. The summed E-state index contributed by atoms with van der Waals surface area (Å²) in [6.45, 7) is 6.60. The largest absolute Gasteiger partial charge is 0.387 e. The summed E-state index contributed by atoms with van der Waals surface area (Å²) in [4.78, 5) is 4.32. The van der Waals surface area contributed by atoms with Crippen molar-refractivity contribution < 1.29 is 5.11 Å². The predicted octanol–water partition coefficient (Wildman–Crippen LogP) is 2.53. The van der Waals surface area contributed by atoms with Gasteiger partial charge < -0.3 is 10.4 Å². The Labute approximate surface area is 119 Å². The fraction of sp³-hybridized carbons (Fsp3) is 0.375. The summed E-state index contributed by atoms with van der Waals surface area (Å²) in [5.74, 6) is 0. The normalized spacial score (nSPS) is 13.2. The van der Waals surface area contributed by atoms with Gasteiger partial charge in [-0.25, -0.2) is 0 Å². The molecule has 0 unspecified atom stereocenters. The summed E-state index contributed by atoms with van der Waals surface area (Å²) in [5, 5.41) is 23.5. The Bertz CT molecular complexity index is 653. The molecule has 1 heterocycles. The molecule has 2 rings (SSSR count). The monoisotopic (exact) mass is 269 g/mol. The highest BCUT2D eigenvalue weighted by molar-refractivity contribution is 5.87. The summed E-state index contributed by atoms with van der Waals surface area (Å²) in [7, 11) is 0. The van der Waals surface area contributed by atoms with Gasteiger partial charge in [0.15, 0.2) is 0 Å². The lowest BCUT2D eigenvalue weighted by Gasteiger charge is -2.23. The van der Waals surface area contributed by atoms with E-state index in [0.717, 1.165) is 10.9 Å². The number of nitriles is 1. The average Bonchev–Trinajstić information content (AvgIpc) is 2.42. The lowest BCUT2D eigenvalue weighted by atomic mass is 10.0. The maximum atomic E-state index is 10.4. The molecule has 1 aromatic heterocycles. The number of nitrogens with zero attached hydrogens (tertiary/aromatic N) is 2. The Morgan fingerprint density at radius 1 is 1.35 bits per heavy atom. The number of benzene rings is 1. The van der Waals surface area contributed by atoms with Gasteiger partial charge in [0.1, 0.15) is 0 Å². The van der Waals surface area contributed by atoms with Gasteiger partial charge in [0.25, 0.3) is 0 Å². The quantitative estimate of drug-likeness (QED) is 0.898. The van der Waals surface area contributed by atoms with E-state index in [1.807, 2.05) is 18.2 Å². The number of aliphatic hydroxyl groups is 1. The Morgan fingerprint density at radius 3 is 2.75 bits per heavy atom. The second kappa shape index (κ2) is 5.58. The van der Waals surface area contributed by atoms with E-state index in [0.29, 0.717) is 17.6 Å². The van der Waals surface area contributed by atoms with Crippen molar-refractivity contribution in [3.05, 3.63) is 41.6 Å². The molecule has 1 atom stereocenters. The first-order valence-corrected chi connectivity index (χ1v) is 6.63. The van der Waals surface area contributed by atoms with Gasteiger partial charge in [0.05, 0.1) is 23.3 Å². The van der Waals surface area contributed by atoms with Crippen molar-refractivity contribution in [1.82, 2.24) is 10.3 Å². The number of hydrogen-bond donors (Lipinski definition) is 2. The summed E-state index contributed by atoms with van der Waals surface area (Å²) in [5.41, 5.74) is 1.95. The molecule has 0 bridgehead atoms. The van der Waals surface area contributed by atoms with Crippen molar-refractivity contribution in [2.75, 3.05) is 6.54 Å². The van der Waals surface area contributed by atoms with Crippen molar-refractivity contribution in [3.63, 3.8) is 0 Å². The highest BCUT2D eigenvalue weighted by atomic mass is 16.3. The molecule has 0 aliphatic heterocycles. The van der Waals surface area contributed by atoms with Crippen molar-refractivity contribution in [1.29, 1.82) is 5.26 Å². The minimum atomic E-state index is -0.653. The van der Waals surface area contributed by atoms with Gasteiger partial charge in [-0.2, -0.15) is 5.26 Å². The van der Waals surface area contributed by atoms with Crippen LogP contribution in [0.25, 0.3) is 10.9 Å². The summed E-state index contributed by atoms with van der Waals surface area (Å²) < 4.78 is 0. The highest BCUT2D eigenvalue weighted by Gasteiger charge is 2.16. The smallest absolute Gasteiger partial charge is 0.0999 e. The van der Waals surface area contributed by atoms with Crippen molar-refractivity contribution >= 4 is 10.9 Å². The molecule has 2 N–H and O–H groups in total. The molecule has 0 fully saturated rings. The van der Waals surface area contributed by atoms with Gasteiger partial charge in [-0.1, -0.05) is 18.2 Å². The van der Waals surface area contributed by atoms with E-state index < -0.39 is 6.10 Å². The van der Waals surface area contributed by atoms with Crippen LogP contribution in [0.2, 0.25) is 0 Å². The first-order valence-electron chi connectivity index (χ1n) is 6.63. The number of aromatic nitrogens is 1. The minimum absolute atomic E-state index is 0.0587. The van der Waals surface area contributed by atoms with E-state index >= 15 is 0 Å². The summed E-state index contributed by atoms with van der Waals surface area (Å²) in [6.07, 6.45) is 0.952. The van der Waals surface area contributed by atoms with Crippen LogP contribution in [-0.2, 0) is 0 Å². The zero-order chi connectivity index (χ0) is 14.8. The Balaban J connectivity index is 2.38. The lowest BCUT2D eigenvalue weighted by Crippen LogP contribution is -2.38. The third-order valence-electron chi connectivity index (χ3n) is 3.11. The molecule has 4 heteroatoms. The highest BCUT2D eigenvalue weighted by Crippen LogP contribution is 2.24. The molecule has 0 saturated heterocycles. The van der Waals surface area contributed by atoms with Gasteiger partial charge >= 0.3 is 0 Å². The topological polar surface area (TPSA) is 68.9 Å². The summed E-state index contributed by atoms with van der Waals surface area (Å²) in [6, 6.07) is 9.40. The van der Waals surface area contributed by atoms with Gasteiger partial charge in [0.2, 0.25) is 0 Å². The van der Waals surface area contributed by atoms with Crippen LogP contribution < -0.4 is 5.32 Å². The Hall–Kier alpha value is -1.96. The number of nitrogens with one attached hydrogen (secondary N) is 1. The molecule has 0 aliphatic rings. The Morgan fingerprint density at radius 2 is 2.10 bits per heavy atom. The summed E-state index contributed by atoms with van der Waals surface area (Å²) >= 11 is 0. The van der Waals surface area contributed by atoms with Gasteiger partial charge in [-0.05, 0) is 26.8 Å². The van der Waals surface area contributed by atoms with E-state index in [2.05, 4.69) is 37.1 Å². The zero-order valence-electron chi connectivity index (χ0n) is 12.0. The van der Waals surface area contributed by atoms with Crippen LogP contribution in [0.4, 0.5) is 0 Å². The second-order valence-electron chi connectivity index (χ2n) is 5.86. The molecule has 1 aromatic carbocycles. The zero-order valence-corrected chi connectivity index (χ0v) is 12.0. The average molecular weight is 269 g/mol. The van der Waals surface area contributed by atoms with Crippen LogP contribution in [0.5, 0.6) is 0 Å². The molecule has 104 valence electrons. The lowest BCUT2D eigenvalue weighted by molar-refractivity contribution is 0.164. The minimum Gasteiger partial charge on any atom is -0.387 e. The fourth-order valence-corrected chi connectivity index (χ4v) is 2.08. The number of fused-ring (bicyclic) bond motifs is 1. The van der Waals surface area contributed by atoms with Crippen LogP contribution >= 0.6 is 0 Å². The van der Waals surface area contributed by atoms with Gasteiger partial charge in [-0.15, -0.1) is 0 Å². The van der Waals surface area contributed by atoms with Crippen LogP contribution in [0.1, 0.15) is 38.0 Å². The number of β-amino-alcohol motifs (C(OH)–C–C–N with tert-alkyl or cyclic N) is 1. The third-order valence-corrected chi connectivity index (χ3v) is 3.11. The number of rotatable bonds is 3. The van der Waals surface area contributed by atoms with Crippen molar-refractivity contribution in [2.24, 2.45) is 0 Å².